The number of carboxylic acids is 1. The third-order valence-corrected chi connectivity index (χ3v) is 3.07. The zero-order valence-electron chi connectivity index (χ0n) is 10.0. The van der Waals surface area contributed by atoms with Crippen molar-refractivity contribution >= 4 is 5.97 Å². The van der Waals surface area contributed by atoms with E-state index in [0.717, 1.165) is 5.56 Å². The van der Waals surface area contributed by atoms with E-state index in [2.05, 4.69) is 6.07 Å². The van der Waals surface area contributed by atoms with E-state index in [1.165, 1.54) is 0 Å². The molecule has 2 atom stereocenters. The largest absolute Gasteiger partial charge is 0.481 e. The molecule has 0 aliphatic carbocycles. The zero-order chi connectivity index (χ0) is 13.1. The summed E-state index contributed by atoms with van der Waals surface area (Å²) in [6.45, 7) is 0. The first-order chi connectivity index (χ1) is 8.60. The van der Waals surface area contributed by atoms with Crippen LogP contribution in [-0.4, -0.2) is 29.3 Å². The van der Waals surface area contributed by atoms with Crippen LogP contribution in [0.15, 0.2) is 24.3 Å². The van der Waals surface area contributed by atoms with Crippen LogP contribution in [-0.2, 0) is 9.63 Å². The predicted octanol–water partition coefficient (Wildman–Crippen LogP) is 1.71. The first kappa shape index (κ1) is 12.6. The number of hydrogen-bond donors (Lipinski definition) is 1. The monoisotopic (exact) mass is 246 g/mol. The molecule has 1 aromatic carbocycles. The summed E-state index contributed by atoms with van der Waals surface area (Å²) in [5.41, 5.74) is 1.65. The zero-order valence-corrected chi connectivity index (χ0v) is 10.0. The fourth-order valence-corrected chi connectivity index (χ4v) is 2.19. The lowest BCUT2D eigenvalue weighted by Crippen LogP contribution is -2.18. The third-order valence-electron chi connectivity index (χ3n) is 3.07. The molecule has 94 valence electrons. The summed E-state index contributed by atoms with van der Waals surface area (Å²) >= 11 is 0. The standard InChI is InChI=1S/C13H14N2O3/c1-15-12(6-11(18-15)7-13(16)17)10-4-2-9(8-14)3-5-10/h2-5,11-12H,6-7H2,1H3,(H,16,17). The van der Waals surface area contributed by atoms with Gasteiger partial charge in [0.25, 0.3) is 0 Å². The van der Waals surface area contributed by atoms with Gasteiger partial charge in [0.05, 0.1) is 30.2 Å². The minimum atomic E-state index is -0.853. The third kappa shape index (κ3) is 2.67. The van der Waals surface area contributed by atoms with Crippen LogP contribution in [0.4, 0.5) is 0 Å². The van der Waals surface area contributed by atoms with Crippen molar-refractivity contribution in [3.05, 3.63) is 35.4 Å². The number of carbonyl (C=O) groups is 1. The Hall–Kier alpha value is -1.90. The molecule has 1 aromatic rings. The van der Waals surface area contributed by atoms with Crippen LogP contribution in [0, 0.1) is 11.3 Å². The summed E-state index contributed by atoms with van der Waals surface area (Å²) in [6.07, 6.45) is 0.374. The second kappa shape index (κ2) is 5.17. The van der Waals surface area contributed by atoms with E-state index in [0.29, 0.717) is 12.0 Å². The van der Waals surface area contributed by atoms with Gasteiger partial charge in [-0.2, -0.15) is 10.3 Å². The van der Waals surface area contributed by atoms with E-state index in [-0.39, 0.29) is 18.6 Å². The van der Waals surface area contributed by atoms with E-state index < -0.39 is 5.97 Å². The van der Waals surface area contributed by atoms with Crippen molar-refractivity contribution in [1.29, 1.82) is 5.26 Å². The second-order valence-corrected chi connectivity index (χ2v) is 4.36. The van der Waals surface area contributed by atoms with E-state index in [4.69, 9.17) is 15.2 Å². The van der Waals surface area contributed by atoms with Gasteiger partial charge in [0, 0.05) is 7.05 Å². The van der Waals surface area contributed by atoms with Gasteiger partial charge in [-0.25, -0.2) is 0 Å². The quantitative estimate of drug-likeness (QED) is 0.878. The summed E-state index contributed by atoms with van der Waals surface area (Å²) < 4.78 is 0. The molecule has 1 heterocycles. The van der Waals surface area contributed by atoms with Gasteiger partial charge in [-0.15, -0.1) is 0 Å². The Bertz CT molecular complexity index is 478. The van der Waals surface area contributed by atoms with Crippen LogP contribution in [0.2, 0.25) is 0 Å². The number of nitrogens with zero attached hydrogens (tertiary/aromatic N) is 2. The van der Waals surface area contributed by atoms with Crippen molar-refractivity contribution < 1.29 is 14.7 Å². The van der Waals surface area contributed by atoms with Crippen LogP contribution >= 0.6 is 0 Å². The summed E-state index contributed by atoms with van der Waals surface area (Å²) in [4.78, 5) is 16.1. The smallest absolute Gasteiger partial charge is 0.306 e. The highest BCUT2D eigenvalue weighted by Crippen LogP contribution is 2.33. The Morgan fingerprint density at radius 2 is 2.22 bits per heavy atom. The second-order valence-electron chi connectivity index (χ2n) is 4.36. The Morgan fingerprint density at radius 3 is 2.78 bits per heavy atom. The lowest BCUT2D eigenvalue weighted by molar-refractivity contribution is -0.159. The molecule has 0 bridgehead atoms. The molecule has 0 spiro atoms. The van der Waals surface area contributed by atoms with Gasteiger partial charge in [-0.3, -0.25) is 9.63 Å². The molecule has 18 heavy (non-hydrogen) atoms. The number of hydrogen-bond acceptors (Lipinski definition) is 4. The minimum Gasteiger partial charge on any atom is -0.481 e. The maximum atomic E-state index is 10.7. The Kier molecular flexibility index (Phi) is 3.60. The van der Waals surface area contributed by atoms with Gasteiger partial charge in [-0.05, 0) is 24.1 Å². The average molecular weight is 246 g/mol. The normalized spacial score (nSPS) is 23.8. The first-order valence-electron chi connectivity index (χ1n) is 5.71. The van der Waals surface area contributed by atoms with Gasteiger partial charge in [0.1, 0.15) is 0 Å². The summed E-state index contributed by atoms with van der Waals surface area (Å²) in [5.74, 6) is -0.853. The highest BCUT2D eigenvalue weighted by atomic mass is 16.7. The molecule has 5 nitrogen and oxygen atoms in total. The molecule has 0 saturated carbocycles. The highest BCUT2D eigenvalue weighted by molar-refractivity contribution is 5.67. The van der Waals surface area contributed by atoms with Gasteiger partial charge in [0.2, 0.25) is 0 Å². The molecule has 1 aliphatic rings. The fraction of sp³-hybridized carbons (Fsp3) is 0.385. The molecule has 0 aromatic heterocycles. The lowest BCUT2D eigenvalue weighted by atomic mass is 9.99. The molecule has 1 N–H and O–H groups in total. The number of rotatable bonds is 3. The Morgan fingerprint density at radius 1 is 1.56 bits per heavy atom. The number of hydroxylamine groups is 2. The van der Waals surface area contributed by atoms with Crippen LogP contribution in [0.3, 0.4) is 0 Å². The predicted molar refractivity (Wildman–Crippen MR) is 63.4 cm³/mol. The van der Waals surface area contributed by atoms with Gasteiger partial charge < -0.3 is 5.11 Å². The van der Waals surface area contributed by atoms with E-state index in [9.17, 15) is 4.79 Å². The van der Waals surface area contributed by atoms with Crippen molar-refractivity contribution in [2.75, 3.05) is 7.05 Å². The average Bonchev–Trinajstić information content (AvgIpc) is 2.69. The Balaban J connectivity index is 2.09. The Labute approximate surface area is 105 Å². The first-order valence-corrected chi connectivity index (χ1v) is 5.71. The van der Waals surface area contributed by atoms with Crippen LogP contribution in [0.1, 0.15) is 30.0 Å². The molecule has 5 heteroatoms. The minimum absolute atomic E-state index is 0.0110. The van der Waals surface area contributed by atoms with Crippen molar-refractivity contribution in [3.63, 3.8) is 0 Å². The van der Waals surface area contributed by atoms with Crippen LogP contribution in [0.25, 0.3) is 0 Å². The summed E-state index contributed by atoms with van der Waals surface area (Å²) in [7, 11) is 1.80. The van der Waals surface area contributed by atoms with Crippen molar-refractivity contribution in [1.82, 2.24) is 5.06 Å². The molecule has 2 unspecified atom stereocenters. The maximum absolute atomic E-state index is 10.7. The van der Waals surface area contributed by atoms with Crippen LogP contribution < -0.4 is 0 Å². The van der Waals surface area contributed by atoms with Gasteiger partial charge in [0.15, 0.2) is 0 Å². The number of aliphatic carboxylic acids is 1. The van der Waals surface area contributed by atoms with E-state index in [1.807, 2.05) is 12.1 Å². The molecule has 2 rings (SSSR count). The van der Waals surface area contributed by atoms with Gasteiger partial charge >= 0.3 is 5.97 Å². The SMILES string of the molecule is CN1OC(CC(=O)O)CC1c1ccc(C#N)cc1. The van der Waals surface area contributed by atoms with Crippen molar-refractivity contribution in [3.8, 4) is 6.07 Å². The maximum Gasteiger partial charge on any atom is 0.306 e. The molecule has 0 radical (unpaired) electrons. The number of benzene rings is 1. The number of carboxylic acid groups (broad SMARTS) is 1. The molecule has 1 fully saturated rings. The van der Waals surface area contributed by atoms with Crippen molar-refractivity contribution in [2.24, 2.45) is 0 Å². The fourth-order valence-electron chi connectivity index (χ4n) is 2.19. The summed E-state index contributed by atoms with van der Waals surface area (Å²) in [5, 5.41) is 19.2. The molecular formula is C13H14N2O3. The van der Waals surface area contributed by atoms with Gasteiger partial charge in [-0.1, -0.05) is 12.1 Å². The molecule has 1 saturated heterocycles. The topological polar surface area (TPSA) is 73.6 Å². The molecule has 1 aliphatic heterocycles. The molecular weight excluding hydrogens is 232 g/mol. The van der Waals surface area contributed by atoms with E-state index in [1.54, 1.807) is 24.2 Å². The highest BCUT2D eigenvalue weighted by Gasteiger charge is 2.33. The van der Waals surface area contributed by atoms with E-state index >= 15 is 0 Å². The summed E-state index contributed by atoms with van der Waals surface area (Å²) in [6, 6.07) is 9.39. The molecule has 0 amide bonds. The van der Waals surface area contributed by atoms with Crippen LogP contribution in [0.5, 0.6) is 0 Å². The lowest BCUT2D eigenvalue weighted by Gasteiger charge is -2.17. The van der Waals surface area contributed by atoms with Crippen molar-refractivity contribution in [2.45, 2.75) is 25.0 Å². The number of nitriles is 1.